The van der Waals surface area contributed by atoms with Crippen molar-refractivity contribution in [3.05, 3.63) is 20.8 Å². The standard InChI is InChI=1S/C5H10.C2H5.Ni/c1-3-5-4-2;1-2;/h1-5H2;1H2,2H3;/q-2;-1;+3. The Morgan fingerprint density at radius 2 is 1.25 bits per heavy atom. The molecule has 0 spiro atoms. The van der Waals surface area contributed by atoms with E-state index < -0.39 is 0 Å². The Bertz CT molecular complexity index is 11.9. The van der Waals surface area contributed by atoms with Crippen LogP contribution in [-0.4, -0.2) is 0 Å². The van der Waals surface area contributed by atoms with E-state index in [2.05, 4.69) is 20.8 Å². The van der Waals surface area contributed by atoms with Gasteiger partial charge in [0.15, 0.2) is 0 Å². The minimum Gasteiger partial charge on any atom is -0.346 e. The van der Waals surface area contributed by atoms with Gasteiger partial charge in [-0.1, -0.05) is 0 Å². The van der Waals surface area contributed by atoms with Crippen LogP contribution in [0.4, 0.5) is 0 Å². The molecule has 53 valence electrons. The van der Waals surface area contributed by atoms with Crippen LogP contribution in [0, 0.1) is 20.8 Å². The molecule has 0 heterocycles. The average molecular weight is 158 g/mol. The maximum absolute atomic E-state index is 3.64. The molecule has 8 heavy (non-hydrogen) atoms. The molecular formula is C7H15Ni. The predicted molar refractivity (Wildman–Crippen MR) is 35.6 cm³/mol. The summed E-state index contributed by atoms with van der Waals surface area (Å²) in [4.78, 5) is 0. The largest absolute Gasteiger partial charge is 3.00 e. The van der Waals surface area contributed by atoms with Gasteiger partial charge in [-0.15, -0.1) is 6.42 Å². The maximum Gasteiger partial charge on any atom is 3.00 e. The van der Waals surface area contributed by atoms with Gasteiger partial charge in [0.2, 0.25) is 0 Å². The van der Waals surface area contributed by atoms with Crippen molar-refractivity contribution in [2.45, 2.75) is 26.2 Å². The van der Waals surface area contributed by atoms with E-state index in [1.165, 1.54) is 6.42 Å². The Labute approximate surface area is 64.0 Å². The summed E-state index contributed by atoms with van der Waals surface area (Å²) in [6.45, 7) is 12.3. The first-order valence-electron chi connectivity index (χ1n) is 2.71. The first-order valence-corrected chi connectivity index (χ1v) is 2.71. The van der Waals surface area contributed by atoms with Gasteiger partial charge in [-0.3, -0.25) is 0 Å². The molecule has 0 aromatic carbocycles. The molecule has 0 rings (SSSR count). The smallest absolute Gasteiger partial charge is 0.346 e. The van der Waals surface area contributed by atoms with Gasteiger partial charge in [-0.25, -0.2) is 0 Å². The van der Waals surface area contributed by atoms with Crippen molar-refractivity contribution in [2.75, 3.05) is 0 Å². The van der Waals surface area contributed by atoms with Crippen molar-refractivity contribution >= 4 is 0 Å². The molecule has 0 bridgehead atoms. The minimum absolute atomic E-state index is 0. The number of hydrogen-bond donors (Lipinski definition) is 0. The van der Waals surface area contributed by atoms with Crippen LogP contribution in [0.5, 0.6) is 0 Å². The third-order valence-electron chi connectivity index (χ3n) is 0.500. The Morgan fingerprint density at radius 3 is 1.25 bits per heavy atom. The second-order valence-electron chi connectivity index (χ2n) is 1.06. The minimum atomic E-state index is 0. The van der Waals surface area contributed by atoms with Gasteiger partial charge in [0, 0.05) is 0 Å². The Kier molecular flexibility index (Phi) is 51.1. The van der Waals surface area contributed by atoms with E-state index in [0.717, 1.165) is 12.8 Å². The van der Waals surface area contributed by atoms with Gasteiger partial charge < -0.3 is 20.8 Å². The monoisotopic (exact) mass is 157 g/mol. The molecule has 0 aliphatic heterocycles. The molecule has 0 aromatic heterocycles. The molecular weight excluding hydrogens is 143 g/mol. The molecule has 0 fully saturated rings. The van der Waals surface area contributed by atoms with Crippen LogP contribution in [0.25, 0.3) is 0 Å². The van der Waals surface area contributed by atoms with E-state index in [1.807, 2.05) is 0 Å². The zero-order chi connectivity index (χ0) is 6.12. The van der Waals surface area contributed by atoms with Crippen LogP contribution >= 0.6 is 0 Å². The third-order valence-corrected chi connectivity index (χ3v) is 0.500. The number of unbranched alkanes of at least 4 members (excludes halogenated alkanes) is 2. The SMILES string of the molecule is [CH2-]C.[CH2-]CCC[CH2-].[Ni+3]. The van der Waals surface area contributed by atoms with Crippen LogP contribution in [0.15, 0.2) is 0 Å². The first kappa shape index (κ1) is 15.8. The maximum atomic E-state index is 3.64. The second-order valence-corrected chi connectivity index (χ2v) is 1.06. The molecule has 0 saturated carbocycles. The fourth-order valence-electron chi connectivity index (χ4n) is 0.177. The summed E-state index contributed by atoms with van der Waals surface area (Å²) in [6, 6.07) is 0. The molecule has 0 atom stereocenters. The summed E-state index contributed by atoms with van der Waals surface area (Å²) in [6.07, 6.45) is 3.23. The summed E-state index contributed by atoms with van der Waals surface area (Å²) in [5, 5.41) is 0. The zero-order valence-electron chi connectivity index (χ0n) is 5.56. The summed E-state index contributed by atoms with van der Waals surface area (Å²) < 4.78 is 0. The van der Waals surface area contributed by atoms with Gasteiger partial charge in [0.05, 0.1) is 0 Å². The first-order chi connectivity index (χ1) is 3.41. The van der Waals surface area contributed by atoms with Crippen LogP contribution in [0.3, 0.4) is 0 Å². The van der Waals surface area contributed by atoms with Gasteiger partial charge in [0.1, 0.15) is 0 Å². The van der Waals surface area contributed by atoms with Crippen molar-refractivity contribution in [2.24, 2.45) is 0 Å². The quantitative estimate of drug-likeness (QED) is 0.428. The fourth-order valence-corrected chi connectivity index (χ4v) is 0.177. The molecule has 0 N–H and O–H groups in total. The Balaban J connectivity index is -0.0000000750. The summed E-state index contributed by atoms with van der Waals surface area (Å²) in [7, 11) is 0. The molecule has 0 unspecified atom stereocenters. The number of hydrogen-bond acceptors (Lipinski definition) is 0. The van der Waals surface area contributed by atoms with Crippen LogP contribution in [0.1, 0.15) is 26.2 Å². The molecule has 0 amide bonds. The molecule has 0 aliphatic rings. The summed E-state index contributed by atoms with van der Waals surface area (Å²) in [5.74, 6) is 0. The van der Waals surface area contributed by atoms with Gasteiger partial charge in [0.25, 0.3) is 0 Å². The average Bonchev–Trinajstić information content (AvgIpc) is 1.75. The Morgan fingerprint density at radius 1 is 1.00 bits per heavy atom. The predicted octanol–water partition coefficient (Wildman–Crippen LogP) is 2.66. The van der Waals surface area contributed by atoms with Crippen LogP contribution in [-0.2, 0) is 16.5 Å². The fraction of sp³-hybridized carbons (Fsp3) is 0.571. The third kappa shape index (κ3) is 31.5. The van der Waals surface area contributed by atoms with Crippen molar-refractivity contribution in [1.29, 1.82) is 0 Å². The summed E-state index contributed by atoms with van der Waals surface area (Å²) in [5.41, 5.74) is 0. The normalized spacial score (nSPS) is 6.00. The molecule has 0 aliphatic carbocycles. The van der Waals surface area contributed by atoms with Crippen LogP contribution < -0.4 is 0 Å². The zero-order valence-corrected chi connectivity index (χ0v) is 6.55. The van der Waals surface area contributed by atoms with E-state index in [9.17, 15) is 0 Å². The molecule has 0 aromatic rings. The van der Waals surface area contributed by atoms with E-state index in [-0.39, 0.29) is 16.5 Å². The van der Waals surface area contributed by atoms with Crippen molar-refractivity contribution in [1.82, 2.24) is 0 Å². The van der Waals surface area contributed by atoms with Gasteiger partial charge >= 0.3 is 16.5 Å². The molecule has 0 nitrogen and oxygen atoms in total. The molecule has 1 radical (unpaired) electrons. The molecule has 0 saturated heterocycles. The second kappa shape index (κ2) is 25.9. The van der Waals surface area contributed by atoms with E-state index in [1.54, 1.807) is 6.92 Å². The summed E-state index contributed by atoms with van der Waals surface area (Å²) >= 11 is 0. The van der Waals surface area contributed by atoms with Crippen LogP contribution in [0.2, 0.25) is 0 Å². The molecule has 1 heteroatoms. The van der Waals surface area contributed by atoms with Crippen molar-refractivity contribution in [3.8, 4) is 0 Å². The van der Waals surface area contributed by atoms with Crippen molar-refractivity contribution < 1.29 is 16.5 Å². The Hall–Kier alpha value is 0.494. The van der Waals surface area contributed by atoms with Gasteiger partial charge in [-0.2, -0.15) is 19.8 Å². The van der Waals surface area contributed by atoms with E-state index in [4.69, 9.17) is 0 Å². The topological polar surface area (TPSA) is 0 Å². The van der Waals surface area contributed by atoms with Crippen molar-refractivity contribution in [3.63, 3.8) is 0 Å². The van der Waals surface area contributed by atoms with E-state index in [0.29, 0.717) is 0 Å². The van der Waals surface area contributed by atoms with Gasteiger partial charge in [-0.05, 0) is 0 Å². The van der Waals surface area contributed by atoms with E-state index >= 15 is 0 Å². The number of rotatable bonds is 2.